The molecule has 0 fully saturated rings. The lowest BCUT2D eigenvalue weighted by Crippen LogP contribution is -2.26. The van der Waals surface area contributed by atoms with E-state index in [1.807, 2.05) is 48.5 Å². The zero-order chi connectivity index (χ0) is 19.8. The van der Waals surface area contributed by atoms with Crippen LogP contribution in [-0.2, 0) is 6.42 Å². The van der Waals surface area contributed by atoms with E-state index >= 15 is 0 Å². The number of hydrogen-bond acceptors (Lipinski definition) is 4. The molecule has 28 heavy (non-hydrogen) atoms. The van der Waals surface area contributed by atoms with Gasteiger partial charge in [-0.2, -0.15) is 0 Å². The van der Waals surface area contributed by atoms with Crippen LogP contribution < -0.4 is 15.4 Å². The first kappa shape index (κ1) is 19.4. The Morgan fingerprint density at radius 3 is 2.50 bits per heavy atom. The molecule has 5 heteroatoms. The van der Waals surface area contributed by atoms with Crippen molar-refractivity contribution < 1.29 is 9.53 Å². The molecular weight excluding hydrogens is 350 g/mol. The Kier molecular flexibility index (Phi) is 6.63. The lowest BCUT2D eigenvalue weighted by molar-refractivity contribution is 0.0953. The van der Waals surface area contributed by atoms with Gasteiger partial charge in [-0.25, -0.2) is 4.98 Å². The van der Waals surface area contributed by atoms with Gasteiger partial charge in [0.25, 0.3) is 5.91 Å². The summed E-state index contributed by atoms with van der Waals surface area (Å²) in [6.45, 7) is 2.61. The molecule has 0 aliphatic carbocycles. The van der Waals surface area contributed by atoms with Gasteiger partial charge in [-0.3, -0.25) is 4.79 Å². The van der Waals surface area contributed by atoms with Crippen molar-refractivity contribution in [2.24, 2.45) is 0 Å². The monoisotopic (exact) mass is 375 g/mol. The summed E-state index contributed by atoms with van der Waals surface area (Å²) in [5.74, 6) is 1.44. The van der Waals surface area contributed by atoms with Gasteiger partial charge in [-0.1, -0.05) is 48.5 Å². The fraction of sp³-hybridized carbons (Fsp3) is 0.217. The van der Waals surface area contributed by atoms with Crippen molar-refractivity contribution >= 4 is 11.7 Å². The Balaban J connectivity index is 1.52. The molecule has 1 atom stereocenters. The summed E-state index contributed by atoms with van der Waals surface area (Å²) < 4.78 is 5.33. The molecule has 1 amide bonds. The zero-order valence-corrected chi connectivity index (χ0v) is 16.2. The summed E-state index contributed by atoms with van der Waals surface area (Å²) in [6, 6.07) is 21.7. The summed E-state index contributed by atoms with van der Waals surface area (Å²) in [5, 5.41) is 6.27. The highest BCUT2D eigenvalue weighted by atomic mass is 16.5. The van der Waals surface area contributed by atoms with Crippen LogP contribution in [0, 0.1) is 0 Å². The first-order chi connectivity index (χ1) is 13.7. The van der Waals surface area contributed by atoms with E-state index in [1.165, 1.54) is 5.56 Å². The highest BCUT2D eigenvalue weighted by molar-refractivity contribution is 5.94. The molecular formula is C23H25N3O2. The van der Waals surface area contributed by atoms with E-state index in [2.05, 4.69) is 34.7 Å². The van der Waals surface area contributed by atoms with Crippen LogP contribution in [0.5, 0.6) is 5.75 Å². The van der Waals surface area contributed by atoms with Gasteiger partial charge in [0, 0.05) is 18.8 Å². The quantitative estimate of drug-likeness (QED) is 0.618. The van der Waals surface area contributed by atoms with Gasteiger partial charge < -0.3 is 15.4 Å². The highest BCUT2D eigenvalue weighted by Crippen LogP contribution is 2.18. The average Bonchev–Trinajstić information content (AvgIpc) is 2.75. The summed E-state index contributed by atoms with van der Waals surface area (Å²) >= 11 is 0. The SMILES string of the molecule is COc1ccccc1CCNC(=O)c1ccc(NC(C)c2ccccc2)nc1. The summed E-state index contributed by atoms with van der Waals surface area (Å²) in [4.78, 5) is 16.7. The molecule has 2 aromatic carbocycles. The number of carbonyl (C=O) groups is 1. The molecule has 5 nitrogen and oxygen atoms in total. The number of methoxy groups -OCH3 is 1. The van der Waals surface area contributed by atoms with Crippen LogP contribution in [0.1, 0.15) is 34.5 Å². The Morgan fingerprint density at radius 1 is 1.04 bits per heavy atom. The minimum atomic E-state index is -0.134. The van der Waals surface area contributed by atoms with Crippen LogP contribution in [0.15, 0.2) is 72.9 Å². The van der Waals surface area contributed by atoms with Crippen molar-refractivity contribution in [1.29, 1.82) is 0 Å². The third kappa shape index (κ3) is 5.10. The fourth-order valence-corrected chi connectivity index (χ4v) is 2.98. The van der Waals surface area contributed by atoms with E-state index in [-0.39, 0.29) is 11.9 Å². The topological polar surface area (TPSA) is 63.2 Å². The molecule has 1 heterocycles. The van der Waals surface area contributed by atoms with Crippen molar-refractivity contribution in [3.8, 4) is 5.75 Å². The Morgan fingerprint density at radius 2 is 1.79 bits per heavy atom. The van der Waals surface area contributed by atoms with Crippen molar-refractivity contribution in [3.05, 3.63) is 89.6 Å². The molecule has 1 unspecified atom stereocenters. The van der Waals surface area contributed by atoms with Gasteiger partial charge in [0.1, 0.15) is 11.6 Å². The van der Waals surface area contributed by atoms with Crippen molar-refractivity contribution in [2.75, 3.05) is 19.0 Å². The molecule has 0 spiro atoms. The molecule has 0 radical (unpaired) electrons. The van der Waals surface area contributed by atoms with Crippen LogP contribution in [0.25, 0.3) is 0 Å². The smallest absolute Gasteiger partial charge is 0.252 e. The fourth-order valence-electron chi connectivity index (χ4n) is 2.98. The maximum Gasteiger partial charge on any atom is 0.252 e. The van der Waals surface area contributed by atoms with Crippen LogP contribution in [0.3, 0.4) is 0 Å². The van der Waals surface area contributed by atoms with Crippen LogP contribution >= 0.6 is 0 Å². The second-order valence-corrected chi connectivity index (χ2v) is 6.53. The number of aromatic nitrogens is 1. The molecule has 0 aliphatic rings. The molecule has 0 saturated heterocycles. The molecule has 0 aliphatic heterocycles. The minimum absolute atomic E-state index is 0.134. The first-order valence-corrected chi connectivity index (χ1v) is 9.35. The summed E-state index contributed by atoms with van der Waals surface area (Å²) in [7, 11) is 1.65. The standard InChI is InChI=1S/C23H25N3O2/c1-17(18-8-4-3-5-9-18)26-22-13-12-20(16-25-22)23(27)24-15-14-19-10-6-7-11-21(19)28-2/h3-13,16-17H,14-15H2,1-2H3,(H,24,27)(H,25,26). The van der Waals surface area contributed by atoms with Gasteiger partial charge in [0.15, 0.2) is 0 Å². The third-order valence-corrected chi connectivity index (χ3v) is 4.56. The predicted octanol–water partition coefficient (Wildman–Crippen LogP) is 4.24. The van der Waals surface area contributed by atoms with E-state index in [0.717, 1.165) is 17.1 Å². The number of carbonyl (C=O) groups excluding carboxylic acids is 1. The first-order valence-electron chi connectivity index (χ1n) is 9.35. The number of amides is 1. The number of nitrogens with zero attached hydrogens (tertiary/aromatic N) is 1. The summed E-state index contributed by atoms with van der Waals surface area (Å²) in [6.07, 6.45) is 2.30. The number of ether oxygens (including phenoxy) is 1. The second-order valence-electron chi connectivity index (χ2n) is 6.53. The molecule has 3 aromatic rings. The van der Waals surface area contributed by atoms with E-state index in [1.54, 1.807) is 19.4 Å². The predicted molar refractivity (Wildman–Crippen MR) is 112 cm³/mol. The number of anilines is 1. The maximum absolute atomic E-state index is 12.3. The molecule has 2 N–H and O–H groups in total. The summed E-state index contributed by atoms with van der Waals surface area (Å²) in [5.41, 5.74) is 2.79. The number of hydrogen-bond donors (Lipinski definition) is 2. The molecule has 144 valence electrons. The average molecular weight is 375 g/mol. The van der Waals surface area contributed by atoms with Gasteiger partial charge >= 0.3 is 0 Å². The van der Waals surface area contributed by atoms with Crippen LogP contribution in [0.2, 0.25) is 0 Å². The number of benzene rings is 2. The molecule has 3 rings (SSSR count). The maximum atomic E-state index is 12.3. The van der Waals surface area contributed by atoms with E-state index in [4.69, 9.17) is 4.74 Å². The van der Waals surface area contributed by atoms with Gasteiger partial charge in [0.05, 0.1) is 12.7 Å². The van der Waals surface area contributed by atoms with Crippen LogP contribution in [-0.4, -0.2) is 24.5 Å². The van der Waals surface area contributed by atoms with Crippen molar-refractivity contribution in [1.82, 2.24) is 10.3 Å². The normalized spacial score (nSPS) is 11.5. The van der Waals surface area contributed by atoms with Crippen molar-refractivity contribution in [2.45, 2.75) is 19.4 Å². The van der Waals surface area contributed by atoms with Gasteiger partial charge in [-0.05, 0) is 42.7 Å². The van der Waals surface area contributed by atoms with Crippen LogP contribution in [0.4, 0.5) is 5.82 Å². The Bertz CT molecular complexity index is 895. The zero-order valence-electron chi connectivity index (χ0n) is 16.2. The van der Waals surface area contributed by atoms with E-state index in [0.29, 0.717) is 18.5 Å². The third-order valence-electron chi connectivity index (χ3n) is 4.56. The largest absolute Gasteiger partial charge is 0.496 e. The molecule has 0 bridgehead atoms. The van der Waals surface area contributed by atoms with Gasteiger partial charge in [0.2, 0.25) is 0 Å². The highest BCUT2D eigenvalue weighted by Gasteiger charge is 2.09. The number of nitrogens with one attached hydrogen (secondary N) is 2. The Hall–Kier alpha value is -3.34. The van der Waals surface area contributed by atoms with Gasteiger partial charge in [-0.15, -0.1) is 0 Å². The Labute approximate surface area is 165 Å². The molecule has 1 aromatic heterocycles. The van der Waals surface area contributed by atoms with E-state index in [9.17, 15) is 4.79 Å². The second kappa shape index (κ2) is 9.55. The molecule has 0 saturated carbocycles. The lowest BCUT2D eigenvalue weighted by atomic mass is 10.1. The number of para-hydroxylation sites is 1. The number of pyridine rings is 1. The number of rotatable bonds is 8. The lowest BCUT2D eigenvalue weighted by Gasteiger charge is -2.15. The minimum Gasteiger partial charge on any atom is -0.496 e. The van der Waals surface area contributed by atoms with E-state index < -0.39 is 0 Å². The van der Waals surface area contributed by atoms with Crippen molar-refractivity contribution in [3.63, 3.8) is 0 Å².